The first-order valence-electron chi connectivity index (χ1n) is 6.21. The molecule has 0 aromatic heterocycles. The van der Waals surface area contributed by atoms with Crippen LogP contribution in [0.3, 0.4) is 0 Å². The molecule has 1 heterocycles. The Morgan fingerprint density at radius 1 is 1.20 bits per heavy atom. The third-order valence-electron chi connectivity index (χ3n) is 3.42. The van der Waals surface area contributed by atoms with Crippen molar-refractivity contribution in [2.24, 2.45) is 5.73 Å². The smallest absolute Gasteiger partial charge is 0.127 e. The third-order valence-corrected chi connectivity index (χ3v) is 4.25. The van der Waals surface area contributed by atoms with Gasteiger partial charge in [-0.25, -0.2) is 4.39 Å². The predicted molar refractivity (Wildman–Crippen MR) is 80.5 cm³/mol. The van der Waals surface area contributed by atoms with Gasteiger partial charge < -0.3 is 10.5 Å². The molecule has 2 nitrogen and oxygen atoms in total. The van der Waals surface area contributed by atoms with Gasteiger partial charge in [-0.3, -0.25) is 0 Å². The van der Waals surface area contributed by atoms with Crippen molar-refractivity contribution in [3.8, 4) is 5.75 Å². The molecule has 1 aliphatic heterocycles. The molecule has 0 amide bonds. The minimum Gasteiger partial charge on any atom is -0.485 e. The van der Waals surface area contributed by atoms with Gasteiger partial charge in [0.2, 0.25) is 0 Å². The number of fused-ring (bicyclic) bond motifs is 1. The quantitative estimate of drug-likeness (QED) is 0.799. The lowest BCUT2D eigenvalue weighted by Gasteiger charge is -2.31. The molecule has 5 heteroatoms. The zero-order valence-electron chi connectivity index (χ0n) is 10.4. The molecular formula is C15H12BrClFNO. The molecule has 0 bridgehead atoms. The van der Waals surface area contributed by atoms with Crippen molar-refractivity contribution in [3.05, 3.63) is 62.8 Å². The van der Waals surface area contributed by atoms with E-state index in [1.54, 1.807) is 12.1 Å². The highest BCUT2D eigenvalue weighted by Gasteiger charge is 2.28. The monoisotopic (exact) mass is 355 g/mol. The Bertz CT molecular complexity index is 664. The Balaban J connectivity index is 2.00. The lowest BCUT2D eigenvalue weighted by molar-refractivity contribution is 0.161. The van der Waals surface area contributed by atoms with E-state index >= 15 is 0 Å². The second-order valence-electron chi connectivity index (χ2n) is 4.80. The van der Waals surface area contributed by atoms with E-state index in [-0.39, 0.29) is 18.0 Å². The van der Waals surface area contributed by atoms with Crippen LogP contribution >= 0.6 is 27.5 Å². The Labute approximate surface area is 129 Å². The number of halogens is 3. The first-order valence-corrected chi connectivity index (χ1v) is 7.38. The Hall–Kier alpha value is -1.10. The number of rotatable bonds is 1. The largest absolute Gasteiger partial charge is 0.485 e. The van der Waals surface area contributed by atoms with Gasteiger partial charge in [0.25, 0.3) is 0 Å². The van der Waals surface area contributed by atoms with Crippen LogP contribution in [0.15, 0.2) is 40.9 Å². The average molecular weight is 357 g/mol. The average Bonchev–Trinajstić information content (AvgIpc) is 2.41. The van der Waals surface area contributed by atoms with Gasteiger partial charge in [0.15, 0.2) is 0 Å². The highest BCUT2D eigenvalue weighted by molar-refractivity contribution is 9.10. The Kier molecular flexibility index (Phi) is 3.71. The first-order chi connectivity index (χ1) is 9.54. The number of ether oxygens (including phenoxy) is 1. The number of nitrogens with two attached hydrogens (primary N) is 1. The molecule has 2 N–H and O–H groups in total. The van der Waals surface area contributed by atoms with Gasteiger partial charge in [-0.2, -0.15) is 0 Å². The van der Waals surface area contributed by atoms with Crippen molar-refractivity contribution < 1.29 is 9.13 Å². The molecule has 1 aliphatic rings. The standard InChI is InChI=1S/C15H12BrClFNO/c16-8-1-4-12(17)11(5-8)15-7-13(19)10-3-2-9(18)6-14(10)20-15/h1-6,13,15H,7,19H2/t13-,15?/m1/s1. The second-order valence-corrected chi connectivity index (χ2v) is 6.12. The predicted octanol–water partition coefficient (Wildman–Crippen LogP) is 4.77. The summed E-state index contributed by atoms with van der Waals surface area (Å²) in [4.78, 5) is 0. The maximum Gasteiger partial charge on any atom is 0.127 e. The van der Waals surface area contributed by atoms with E-state index in [0.717, 1.165) is 15.6 Å². The van der Waals surface area contributed by atoms with Crippen molar-refractivity contribution in [2.75, 3.05) is 0 Å². The SMILES string of the molecule is N[C@@H]1CC(c2cc(Br)ccc2Cl)Oc2cc(F)ccc21. The zero-order chi connectivity index (χ0) is 14.3. The lowest BCUT2D eigenvalue weighted by Crippen LogP contribution is -2.24. The Morgan fingerprint density at radius 3 is 2.80 bits per heavy atom. The fourth-order valence-corrected chi connectivity index (χ4v) is 3.05. The number of hydrogen-bond donors (Lipinski definition) is 1. The summed E-state index contributed by atoms with van der Waals surface area (Å²) in [5.74, 6) is 0.154. The van der Waals surface area contributed by atoms with E-state index in [1.165, 1.54) is 12.1 Å². The molecule has 1 unspecified atom stereocenters. The lowest BCUT2D eigenvalue weighted by atomic mass is 9.93. The summed E-state index contributed by atoms with van der Waals surface area (Å²) in [5.41, 5.74) is 7.84. The van der Waals surface area contributed by atoms with Crippen molar-refractivity contribution in [1.29, 1.82) is 0 Å². The summed E-state index contributed by atoms with van der Waals surface area (Å²) in [6, 6.07) is 9.82. The van der Waals surface area contributed by atoms with Crippen LogP contribution in [0.4, 0.5) is 4.39 Å². The maximum atomic E-state index is 13.3. The van der Waals surface area contributed by atoms with Gasteiger partial charge in [0.05, 0.1) is 0 Å². The van der Waals surface area contributed by atoms with Gasteiger partial charge in [-0.1, -0.05) is 33.6 Å². The number of hydrogen-bond acceptors (Lipinski definition) is 2. The van der Waals surface area contributed by atoms with E-state index in [4.69, 9.17) is 22.1 Å². The fourth-order valence-electron chi connectivity index (χ4n) is 2.43. The van der Waals surface area contributed by atoms with Gasteiger partial charge in [0.1, 0.15) is 17.7 Å². The molecule has 0 saturated carbocycles. The molecule has 0 spiro atoms. The molecule has 0 radical (unpaired) electrons. The molecule has 104 valence electrons. The summed E-state index contributed by atoms with van der Waals surface area (Å²) in [5, 5.41) is 0.616. The van der Waals surface area contributed by atoms with Crippen molar-refractivity contribution >= 4 is 27.5 Å². The molecule has 0 saturated heterocycles. The van der Waals surface area contributed by atoms with Crippen LogP contribution < -0.4 is 10.5 Å². The van der Waals surface area contributed by atoms with E-state index in [1.807, 2.05) is 12.1 Å². The van der Waals surface area contributed by atoms with Gasteiger partial charge in [-0.05, 0) is 24.3 Å². The first kappa shape index (κ1) is 13.9. The Morgan fingerprint density at radius 2 is 2.00 bits per heavy atom. The minimum absolute atomic E-state index is 0.195. The molecule has 0 fully saturated rings. The van der Waals surface area contributed by atoms with Crippen molar-refractivity contribution in [1.82, 2.24) is 0 Å². The van der Waals surface area contributed by atoms with Crippen LogP contribution in [0.2, 0.25) is 5.02 Å². The molecule has 2 aromatic carbocycles. The number of benzene rings is 2. The maximum absolute atomic E-state index is 13.3. The normalized spacial score (nSPS) is 21.2. The van der Waals surface area contributed by atoms with Crippen LogP contribution in [0, 0.1) is 5.82 Å². The summed E-state index contributed by atoms with van der Waals surface area (Å²) < 4.78 is 20.1. The van der Waals surface area contributed by atoms with Crippen LogP contribution in [0.25, 0.3) is 0 Å². The van der Waals surface area contributed by atoms with Gasteiger partial charge in [0, 0.05) is 39.2 Å². The molecule has 2 aromatic rings. The summed E-state index contributed by atoms with van der Waals surface area (Å²) in [7, 11) is 0. The van der Waals surface area contributed by atoms with Crippen LogP contribution in [0.5, 0.6) is 5.75 Å². The summed E-state index contributed by atoms with van der Waals surface area (Å²) >= 11 is 9.64. The zero-order valence-corrected chi connectivity index (χ0v) is 12.8. The molecule has 0 aliphatic carbocycles. The highest BCUT2D eigenvalue weighted by atomic mass is 79.9. The van der Waals surface area contributed by atoms with Crippen LogP contribution in [0.1, 0.15) is 29.7 Å². The fraction of sp³-hybridized carbons (Fsp3) is 0.200. The van der Waals surface area contributed by atoms with E-state index in [2.05, 4.69) is 15.9 Å². The molecular weight excluding hydrogens is 345 g/mol. The minimum atomic E-state index is -0.336. The molecule has 3 rings (SSSR count). The van der Waals surface area contributed by atoms with Gasteiger partial charge in [-0.15, -0.1) is 0 Å². The van der Waals surface area contributed by atoms with Crippen molar-refractivity contribution in [2.45, 2.75) is 18.6 Å². The van der Waals surface area contributed by atoms with Crippen LogP contribution in [-0.4, -0.2) is 0 Å². The third kappa shape index (κ3) is 2.55. The highest BCUT2D eigenvalue weighted by Crippen LogP contribution is 2.42. The summed E-state index contributed by atoms with van der Waals surface area (Å²) in [6.45, 7) is 0. The summed E-state index contributed by atoms with van der Waals surface area (Å²) in [6.07, 6.45) is 0.332. The topological polar surface area (TPSA) is 35.2 Å². The van der Waals surface area contributed by atoms with E-state index < -0.39 is 0 Å². The molecule has 2 atom stereocenters. The molecule has 20 heavy (non-hydrogen) atoms. The van der Waals surface area contributed by atoms with E-state index in [9.17, 15) is 4.39 Å². The van der Waals surface area contributed by atoms with Gasteiger partial charge >= 0.3 is 0 Å². The van der Waals surface area contributed by atoms with Crippen LogP contribution in [-0.2, 0) is 0 Å². The van der Waals surface area contributed by atoms with Crippen molar-refractivity contribution in [3.63, 3.8) is 0 Å². The second kappa shape index (κ2) is 5.35. The van der Waals surface area contributed by atoms with E-state index in [0.29, 0.717) is 17.2 Å².